The highest BCUT2D eigenvalue weighted by Crippen LogP contribution is 2.28. The standard InChI is InChI=1S/C21H22N2O8/c1-13(24)31-15-8-6-14(7-9-15)23-18(25)11-16(20(23)26)22(12-19(28-2)29-3)21(27)17-5-4-10-30-17/h4-10,16,19H,11-12H2,1-3H3. The van der Waals surface area contributed by atoms with Gasteiger partial charge in [0, 0.05) is 21.1 Å². The van der Waals surface area contributed by atoms with Gasteiger partial charge in [0.15, 0.2) is 12.1 Å². The molecule has 10 nitrogen and oxygen atoms in total. The summed E-state index contributed by atoms with van der Waals surface area (Å²) in [6, 6.07) is 7.88. The number of carbonyl (C=O) groups is 4. The average molecular weight is 430 g/mol. The lowest BCUT2D eigenvalue weighted by molar-refractivity contribution is -0.132. The second-order valence-corrected chi connectivity index (χ2v) is 6.71. The van der Waals surface area contributed by atoms with Crippen LogP contribution < -0.4 is 9.64 Å². The predicted octanol–water partition coefficient (Wildman–Crippen LogP) is 1.60. The Hall–Kier alpha value is -3.50. The smallest absolute Gasteiger partial charge is 0.308 e. The molecule has 164 valence electrons. The molecule has 0 N–H and O–H groups in total. The number of ether oxygens (including phenoxy) is 3. The molecule has 10 heteroatoms. The minimum atomic E-state index is -1.06. The highest BCUT2D eigenvalue weighted by Gasteiger charge is 2.45. The predicted molar refractivity (Wildman–Crippen MR) is 106 cm³/mol. The van der Waals surface area contributed by atoms with Crippen LogP contribution >= 0.6 is 0 Å². The third-order valence-corrected chi connectivity index (χ3v) is 4.72. The van der Waals surface area contributed by atoms with Gasteiger partial charge in [-0.1, -0.05) is 0 Å². The first-order chi connectivity index (χ1) is 14.8. The van der Waals surface area contributed by atoms with Gasteiger partial charge in [0.2, 0.25) is 5.91 Å². The summed E-state index contributed by atoms with van der Waals surface area (Å²) in [7, 11) is 2.81. The maximum atomic E-state index is 13.2. The van der Waals surface area contributed by atoms with Crippen molar-refractivity contribution in [3.05, 3.63) is 48.4 Å². The van der Waals surface area contributed by atoms with Gasteiger partial charge < -0.3 is 23.5 Å². The first-order valence-corrected chi connectivity index (χ1v) is 9.41. The molecule has 0 aliphatic carbocycles. The van der Waals surface area contributed by atoms with Crippen LogP contribution in [0.15, 0.2) is 47.1 Å². The molecule has 0 radical (unpaired) electrons. The Kier molecular flexibility index (Phi) is 6.83. The van der Waals surface area contributed by atoms with Crippen LogP contribution in [-0.4, -0.2) is 61.7 Å². The van der Waals surface area contributed by atoms with E-state index in [0.29, 0.717) is 5.69 Å². The van der Waals surface area contributed by atoms with Crippen LogP contribution in [0.4, 0.5) is 5.69 Å². The summed E-state index contributed by atoms with van der Waals surface area (Å²) in [5.74, 6) is -1.80. The Morgan fingerprint density at radius 3 is 2.39 bits per heavy atom. The minimum absolute atomic E-state index is 0.0235. The number of amides is 3. The SMILES string of the molecule is COC(CN(C(=O)c1ccco1)C1CC(=O)N(c2ccc(OC(C)=O)cc2)C1=O)OC. The van der Waals surface area contributed by atoms with Crippen molar-refractivity contribution in [2.45, 2.75) is 25.7 Å². The molecular weight excluding hydrogens is 408 g/mol. The van der Waals surface area contributed by atoms with Crippen molar-refractivity contribution in [3.63, 3.8) is 0 Å². The summed E-state index contributed by atoms with van der Waals surface area (Å²) in [5.41, 5.74) is 0.300. The quantitative estimate of drug-likeness (QED) is 0.268. The topological polar surface area (TPSA) is 116 Å². The number of carbonyl (C=O) groups excluding carboxylic acids is 4. The van der Waals surface area contributed by atoms with Gasteiger partial charge in [-0.3, -0.25) is 19.2 Å². The van der Waals surface area contributed by atoms with Crippen LogP contribution in [0.2, 0.25) is 0 Å². The van der Waals surface area contributed by atoms with E-state index in [4.69, 9.17) is 18.6 Å². The molecule has 0 saturated carbocycles. The van der Waals surface area contributed by atoms with Crippen molar-refractivity contribution in [1.29, 1.82) is 0 Å². The highest BCUT2D eigenvalue weighted by molar-refractivity contribution is 6.23. The van der Waals surface area contributed by atoms with Gasteiger partial charge in [-0.25, -0.2) is 4.90 Å². The molecule has 1 aromatic heterocycles. The van der Waals surface area contributed by atoms with E-state index < -0.39 is 36.0 Å². The van der Waals surface area contributed by atoms with Gasteiger partial charge in [0.1, 0.15) is 11.8 Å². The van der Waals surface area contributed by atoms with E-state index in [2.05, 4.69) is 0 Å². The number of esters is 1. The number of hydrogen-bond acceptors (Lipinski definition) is 8. The number of furan rings is 1. The van der Waals surface area contributed by atoms with Crippen molar-refractivity contribution in [2.24, 2.45) is 0 Å². The molecule has 1 saturated heterocycles. The molecule has 1 aliphatic rings. The third kappa shape index (κ3) is 4.81. The van der Waals surface area contributed by atoms with Gasteiger partial charge in [0.25, 0.3) is 11.8 Å². The lowest BCUT2D eigenvalue weighted by Gasteiger charge is -2.29. The first kappa shape index (κ1) is 22.2. The Morgan fingerprint density at radius 1 is 1.16 bits per heavy atom. The molecule has 1 atom stereocenters. The van der Waals surface area contributed by atoms with Crippen LogP contribution in [0.3, 0.4) is 0 Å². The minimum Gasteiger partial charge on any atom is -0.459 e. The van der Waals surface area contributed by atoms with Crippen molar-refractivity contribution in [2.75, 3.05) is 25.7 Å². The zero-order chi connectivity index (χ0) is 22.5. The highest BCUT2D eigenvalue weighted by atomic mass is 16.7. The zero-order valence-corrected chi connectivity index (χ0v) is 17.3. The van der Waals surface area contributed by atoms with E-state index in [0.717, 1.165) is 4.90 Å². The molecule has 1 fully saturated rings. The maximum Gasteiger partial charge on any atom is 0.308 e. The Balaban J connectivity index is 1.87. The fourth-order valence-electron chi connectivity index (χ4n) is 3.26. The number of benzene rings is 1. The van der Waals surface area contributed by atoms with Gasteiger partial charge in [0.05, 0.1) is 24.9 Å². The Labute approximate surface area is 178 Å². The van der Waals surface area contributed by atoms with Crippen LogP contribution in [0.25, 0.3) is 0 Å². The van der Waals surface area contributed by atoms with Gasteiger partial charge in [-0.05, 0) is 36.4 Å². The number of methoxy groups -OCH3 is 2. The van der Waals surface area contributed by atoms with E-state index in [9.17, 15) is 19.2 Å². The molecule has 2 aromatic rings. The van der Waals surface area contributed by atoms with E-state index in [1.54, 1.807) is 6.07 Å². The molecule has 3 amide bonds. The van der Waals surface area contributed by atoms with Crippen LogP contribution in [0.5, 0.6) is 5.75 Å². The number of nitrogens with zero attached hydrogens (tertiary/aromatic N) is 2. The monoisotopic (exact) mass is 430 g/mol. The third-order valence-electron chi connectivity index (χ3n) is 4.72. The van der Waals surface area contributed by atoms with E-state index in [-0.39, 0.29) is 24.5 Å². The van der Waals surface area contributed by atoms with E-state index >= 15 is 0 Å². The van der Waals surface area contributed by atoms with Crippen LogP contribution in [0.1, 0.15) is 23.9 Å². The lowest BCUT2D eigenvalue weighted by atomic mass is 10.2. The summed E-state index contributed by atoms with van der Waals surface area (Å²) < 4.78 is 20.5. The normalized spacial score (nSPS) is 16.1. The number of imide groups is 1. The molecule has 3 rings (SSSR count). The molecule has 31 heavy (non-hydrogen) atoms. The molecule has 1 unspecified atom stereocenters. The number of hydrogen-bond donors (Lipinski definition) is 0. The van der Waals surface area contributed by atoms with Gasteiger partial charge >= 0.3 is 5.97 Å². The van der Waals surface area contributed by atoms with Gasteiger partial charge in [-0.2, -0.15) is 0 Å². The summed E-state index contributed by atoms with van der Waals surface area (Å²) in [6.07, 6.45) is 0.324. The molecule has 2 heterocycles. The summed E-state index contributed by atoms with van der Waals surface area (Å²) in [4.78, 5) is 52.1. The fraction of sp³-hybridized carbons (Fsp3) is 0.333. The number of rotatable bonds is 8. The van der Waals surface area contributed by atoms with Gasteiger partial charge in [-0.15, -0.1) is 0 Å². The molecule has 1 aromatic carbocycles. The molecule has 0 spiro atoms. The summed E-state index contributed by atoms with van der Waals surface area (Å²) >= 11 is 0. The molecule has 1 aliphatic heterocycles. The van der Waals surface area contributed by atoms with Crippen molar-refractivity contribution in [1.82, 2.24) is 4.90 Å². The fourth-order valence-corrected chi connectivity index (χ4v) is 3.26. The maximum absolute atomic E-state index is 13.2. The second-order valence-electron chi connectivity index (χ2n) is 6.71. The van der Waals surface area contributed by atoms with Crippen LogP contribution in [0, 0.1) is 0 Å². The largest absolute Gasteiger partial charge is 0.459 e. The first-order valence-electron chi connectivity index (χ1n) is 9.41. The van der Waals surface area contributed by atoms with Crippen molar-refractivity contribution >= 4 is 29.4 Å². The Morgan fingerprint density at radius 2 is 1.84 bits per heavy atom. The second kappa shape index (κ2) is 9.54. The Bertz CT molecular complexity index is 950. The average Bonchev–Trinajstić information content (AvgIpc) is 3.38. The summed E-state index contributed by atoms with van der Waals surface area (Å²) in [5, 5.41) is 0. The van der Waals surface area contributed by atoms with E-state index in [1.807, 2.05) is 0 Å². The van der Waals surface area contributed by atoms with E-state index in [1.165, 1.54) is 62.6 Å². The van der Waals surface area contributed by atoms with Crippen molar-refractivity contribution in [3.8, 4) is 5.75 Å². The summed E-state index contributed by atoms with van der Waals surface area (Å²) in [6.45, 7) is 1.18. The van der Waals surface area contributed by atoms with Crippen LogP contribution in [-0.2, 0) is 23.9 Å². The lowest BCUT2D eigenvalue weighted by Crippen LogP contribution is -2.49. The van der Waals surface area contributed by atoms with Crippen molar-refractivity contribution < 1.29 is 37.8 Å². The number of anilines is 1. The molecular formula is C21H22N2O8. The zero-order valence-electron chi connectivity index (χ0n) is 17.3. The molecule has 0 bridgehead atoms.